The molecule has 1 amide bonds. The summed E-state index contributed by atoms with van der Waals surface area (Å²) in [6, 6.07) is 17.0. The minimum atomic E-state index is -0.572. The third kappa shape index (κ3) is 3.60. The molecule has 2 aromatic carbocycles. The van der Waals surface area contributed by atoms with Crippen molar-refractivity contribution in [1.29, 1.82) is 0 Å². The van der Waals surface area contributed by atoms with Crippen LogP contribution in [0, 0.1) is 0 Å². The maximum absolute atomic E-state index is 13.0. The number of anilines is 1. The van der Waals surface area contributed by atoms with Gasteiger partial charge in [-0.2, -0.15) is 10.1 Å². The van der Waals surface area contributed by atoms with Crippen molar-refractivity contribution in [2.24, 2.45) is 0 Å². The van der Waals surface area contributed by atoms with Gasteiger partial charge in [0.25, 0.3) is 5.91 Å². The molecule has 1 aliphatic rings. The molecule has 5 rings (SSSR count). The first-order valence-corrected chi connectivity index (χ1v) is 10.3. The van der Waals surface area contributed by atoms with Gasteiger partial charge in [-0.1, -0.05) is 18.2 Å². The van der Waals surface area contributed by atoms with Crippen LogP contribution in [0.1, 0.15) is 6.42 Å². The molecule has 8 nitrogen and oxygen atoms in total. The molecule has 1 N–H and O–H groups in total. The molecular formula is C24H22N4O4. The third-order valence-corrected chi connectivity index (χ3v) is 5.54. The molecule has 0 radical (unpaired) electrons. The molecule has 0 spiro atoms. The molecule has 162 valence electrons. The van der Waals surface area contributed by atoms with Crippen molar-refractivity contribution in [2.45, 2.75) is 12.5 Å². The number of nitrogens with zero attached hydrogens (tertiary/aromatic N) is 3. The molecule has 2 aromatic heterocycles. The highest BCUT2D eigenvalue weighted by Gasteiger charge is 2.35. The number of amides is 1. The van der Waals surface area contributed by atoms with E-state index < -0.39 is 6.10 Å². The quantitative estimate of drug-likeness (QED) is 0.500. The van der Waals surface area contributed by atoms with Gasteiger partial charge in [-0.15, -0.1) is 0 Å². The summed E-state index contributed by atoms with van der Waals surface area (Å²) >= 11 is 0. The Morgan fingerprint density at radius 1 is 1.03 bits per heavy atom. The van der Waals surface area contributed by atoms with Crippen molar-refractivity contribution >= 4 is 22.6 Å². The second-order valence-corrected chi connectivity index (χ2v) is 7.46. The van der Waals surface area contributed by atoms with Crippen LogP contribution in [0.15, 0.2) is 60.8 Å². The normalized spacial score (nSPS) is 15.9. The molecular weight excluding hydrogens is 408 g/mol. The standard InChI is InChI=1S/C24H22N4O4/c1-30-17-4-3-5-18(13-17)32-21-10-11-28(24(21)29)22-9-8-19(23(26-22)31-2)15-6-7-16-14-25-27-20(16)12-15/h3-9,12-14,21H,10-11H2,1-2H3,(H,25,27). The number of fused-ring (bicyclic) bond motifs is 1. The van der Waals surface area contributed by atoms with E-state index in [0.717, 1.165) is 22.0 Å². The van der Waals surface area contributed by atoms with E-state index in [0.29, 0.717) is 36.2 Å². The number of nitrogens with one attached hydrogen (secondary N) is 1. The first kappa shape index (κ1) is 19.9. The number of benzene rings is 2. The minimum Gasteiger partial charge on any atom is -0.497 e. The van der Waals surface area contributed by atoms with Crippen molar-refractivity contribution in [1.82, 2.24) is 15.2 Å². The summed E-state index contributed by atoms with van der Waals surface area (Å²) in [5.74, 6) is 2.13. The Balaban J connectivity index is 1.38. The summed E-state index contributed by atoms with van der Waals surface area (Å²) in [4.78, 5) is 19.3. The molecule has 4 aromatic rings. The Kier molecular flexibility index (Phi) is 5.10. The topological polar surface area (TPSA) is 89.6 Å². The smallest absolute Gasteiger partial charge is 0.269 e. The second-order valence-electron chi connectivity index (χ2n) is 7.46. The van der Waals surface area contributed by atoms with E-state index in [-0.39, 0.29) is 5.91 Å². The molecule has 1 unspecified atom stereocenters. The van der Waals surface area contributed by atoms with Crippen molar-refractivity contribution in [3.8, 4) is 28.5 Å². The summed E-state index contributed by atoms with van der Waals surface area (Å²) in [6.45, 7) is 0.517. The van der Waals surface area contributed by atoms with E-state index in [1.54, 1.807) is 31.4 Å². The fourth-order valence-corrected chi connectivity index (χ4v) is 3.89. The lowest BCUT2D eigenvalue weighted by Gasteiger charge is -2.18. The predicted octanol–water partition coefficient (Wildman–Crippen LogP) is 3.83. The Morgan fingerprint density at radius 3 is 2.75 bits per heavy atom. The molecule has 1 aliphatic heterocycles. The number of rotatable bonds is 6. The number of aromatic amines is 1. The molecule has 1 fully saturated rings. The average Bonchev–Trinajstić information content (AvgIpc) is 3.45. The number of pyridine rings is 1. The van der Waals surface area contributed by atoms with Crippen molar-refractivity contribution < 1.29 is 19.0 Å². The fourth-order valence-electron chi connectivity index (χ4n) is 3.89. The Labute approximate surface area is 184 Å². The van der Waals surface area contributed by atoms with Gasteiger partial charge in [-0.25, -0.2) is 0 Å². The van der Waals surface area contributed by atoms with Gasteiger partial charge >= 0.3 is 0 Å². The zero-order valence-electron chi connectivity index (χ0n) is 17.7. The number of hydrogen-bond acceptors (Lipinski definition) is 6. The zero-order chi connectivity index (χ0) is 22.1. The van der Waals surface area contributed by atoms with Crippen LogP contribution >= 0.6 is 0 Å². The largest absolute Gasteiger partial charge is 0.497 e. The first-order chi connectivity index (χ1) is 15.7. The first-order valence-electron chi connectivity index (χ1n) is 10.3. The molecule has 0 bridgehead atoms. The number of carbonyl (C=O) groups is 1. The SMILES string of the molecule is COc1cccc(OC2CCN(c3ccc(-c4ccc5cn[nH]c5c4)c(OC)n3)C2=O)c1. The number of aromatic nitrogens is 3. The van der Waals surface area contributed by atoms with E-state index in [9.17, 15) is 4.79 Å². The number of hydrogen-bond donors (Lipinski definition) is 1. The summed E-state index contributed by atoms with van der Waals surface area (Å²) in [5.41, 5.74) is 2.72. The molecule has 1 atom stereocenters. The van der Waals surface area contributed by atoms with Gasteiger partial charge in [0.1, 0.15) is 17.3 Å². The maximum Gasteiger partial charge on any atom is 0.269 e. The highest BCUT2D eigenvalue weighted by atomic mass is 16.5. The van der Waals surface area contributed by atoms with Gasteiger partial charge in [0.05, 0.1) is 25.9 Å². The minimum absolute atomic E-state index is 0.131. The monoisotopic (exact) mass is 430 g/mol. The van der Waals surface area contributed by atoms with Crippen LogP contribution in [0.4, 0.5) is 5.82 Å². The van der Waals surface area contributed by atoms with Gasteiger partial charge in [-0.3, -0.25) is 14.8 Å². The van der Waals surface area contributed by atoms with Gasteiger partial charge in [0.2, 0.25) is 5.88 Å². The summed E-state index contributed by atoms with van der Waals surface area (Å²) < 4.78 is 16.7. The third-order valence-electron chi connectivity index (χ3n) is 5.54. The van der Waals surface area contributed by atoms with Crippen LogP contribution in [0.3, 0.4) is 0 Å². The average molecular weight is 430 g/mol. The predicted molar refractivity (Wildman–Crippen MR) is 120 cm³/mol. The molecule has 0 aliphatic carbocycles. The lowest BCUT2D eigenvalue weighted by atomic mass is 10.1. The summed E-state index contributed by atoms with van der Waals surface area (Å²) in [7, 11) is 3.17. The zero-order valence-corrected chi connectivity index (χ0v) is 17.7. The molecule has 32 heavy (non-hydrogen) atoms. The number of methoxy groups -OCH3 is 2. The van der Waals surface area contributed by atoms with Crippen LogP contribution in [-0.4, -0.2) is 48.0 Å². The van der Waals surface area contributed by atoms with Crippen molar-refractivity contribution in [2.75, 3.05) is 25.7 Å². The highest BCUT2D eigenvalue weighted by molar-refractivity contribution is 5.98. The molecule has 3 heterocycles. The van der Waals surface area contributed by atoms with E-state index in [1.807, 2.05) is 48.5 Å². The summed E-state index contributed by atoms with van der Waals surface area (Å²) in [5, 5.41) is 8.07. The van der Waals surface area contributed by atoms with Gasteiger partial charge in [0, 0.05) is 30.0 Å². The molecule has 0 saturated carbocycles. The lowest BCUT2D eigenvalue weighted by molar-refractivity contribution is -0.122. The number of H-pyrrole nitrogens is 1. The van der Waals surface area contributed by atoms with Crippen molar-refractivity contribution in [3.63, 3.8) is 0 Å². The van der Waals surface area contributed by atoms with Gasteiger partial charge in [0.15, 0.2) is 6.10 Å². The van der Waals surface area contributed by atoms with Crippen LogP contribution in [-0.2, 0) is 4.79 Å². The van der Waals surface area contributed by atoms with Crippen LogP contribution in [0.25, 0.3) is 22.0 Å². The van der Waals surface area contributed by atoms with E-state index in [2.05, 4.69) is 15.2 Å². The van der Waals surface area contributed by atoms with Crippen molar-refractivity contribution in [3.05, 3.63) is 60.8 Å². The molecule has 1 saturated heterocycles. The summed E-state index contributed by atoms with van der Waals surface area (Å²) in [6.07, 6.45) is 1.77. The van der Waals surface area contributed by atoms with Gasteiger partial charge < -0.3 is 14.2 Å². The fraction of sp³-hybridized carbons (Fsp3) is 0.208. The highest BCUT2D eigenvalue weighted by Crippen LogP contribution is 2.33. The Bertz CT molecular complexity index is 1290. The van der Waals surface area contributed by atoms with Gasteiger partial charge in [-0.05, 0) is 35.9 Å². The van der Waals surface area contributed by atoms with E-state index in [1.165, 1.54) is 0 Å². The molecule has 8 heteroatoms. The lowest BCUT2D eigenvalue weighted by Crippen LogP contribution is -2.32. The van der Waals surface area contributed by atoms with Crippen LogP contribution in [0.2, 0.25) is 0 Å². The number of ether oxygens (including phenoxy) is 3. The van der Waals surface area contributed by atoms with Crippen LogP contribution in [0.5, 0.6) is 17.4 Å². The van der Waals surface area contributed by atoms with E-state index in [4.69, 9.17) is 14.2 Å². The Morgan fingerprint density at radius 2 is 1.91 bits per heavy atom. The number of carbonyl (C=O) groups excluding carboxylic acids is 1. The maximum atomic E-state index is 13.0. The van der Waals surface area contributed by atoms with Crippen LogP contribution < -0.4 is 19.1 Å². The van der Waals surface area contributed by atoms with E-state index >= 15 is 0 Å². The second kappa shape index (κ2) is 8.22. The Hall–Kier alpha value is -4.07.